The highest BCUT2D eigenvalue weighted by Crippen LogP contribution is 2.22. The van der Waals surface area contributed by atoms with Crippen molar-refractivity contribution in [3.8, 4) is 0 Å². The van der Waals surface area contributed by atoms with Crippen LogP contribution in [0.15, 0.2) is 24.3 Å². The molecular formula is C14H20Cl2N2O2S. The molecule has 0 aromatic heterocycles. The predicted molar refractivity (Wildman–Crippen MR) is 88.9 cm³/mol. The van der Waals surface area contributed by atoms with Crippen molar-refractivity contribution in [1.29, 1.82) is 0 Å². The highest BCUT2D eigenvalue weighted by atomic mass is 35.5. The molecular weight excluding hydrogens is 331 g/mol. The summed E-state index contributed by atoms with van der Waals surface area (Å²) < 4.78 is 26.1. The van der Waals surface area contributed by atoms with Crippen LogP contribution in [0.1, 0.15) is 6.92 Å². The second kappa shape index (κ2) is 7.18. The first kappa shape index (κ1) is 16.9. The molecule has 0 N–H and O–H groups in total. The number of anilines is 1. The standard InChI is InChI=1S/C14H20Cl2N2O2S/c1-12(10-15)11-21(19,20)18-7-5-17(6-8-18)14-4-2-3-13(16)9-14/h2-4,9,12H,5-8,10-11H2,1H3. The van der Waals surface area contributed by atoms with E-state index in [2.05, 4.69) is 4.90 Å². The normalized spacial score (nSPS) is 18.7. The van der Waals surface area contributed by atoms with Crippen LogP contribution in [0.5, 0.6) is 0 Å². The number of sulfonamides is 1. The summed E-state index contributed by atoms with van der Waals surface area (Å²) in [5.41, 5.74) is 1.04. The number of halogens is 2. The predicted octanol–water partition coefficient (Wildman–Crippen LogP) is 2.67. The number of nitrogens with zero attached hydrogens (tertiary/aromatic N) is 2. The molecule has 1 heterocycles. The molecule has 1 unspecified atom stereocenters. The van der Waals surface area contributed by atoms with Crippen LogP contribution in [0.25, 0.3) is 0 Å². The van der Waals surface area contributed by atoms with Gasteiger partial charge < -0.3 is 4.90 Å². The Labute approximate surface area is 136 Å². The second-order valence-electron chi connectivity index (χ2n) is 5.40. The molecule has 1 saturated heterocycles. The third-order valence-corrected chi connectivity index (χ3v) is 6.47. The van der Waals surface area contributed by atoms with Gasteiger partial charge in [-0.25, -0.2) is 8.42 Å². The maximum atomic E-state index is 12.3. The zero-order valence-electron chi connectivity index (χ0n) is 12.0. The van der Waals surface area contributed by atoms with E-state index in [1.165, 1.54) is 0 Å². The van der Waals surface area contributed by atoms with Gasteiger partial charge in [0, 0.05) is 42.8 Å². The molecule has 7 heteroatoms. The summed E-state index contributed by atoms with van der Waals surface area (Å²) in [6, 6.07) is 7.63. The van der Waals surface area contributed by atoms with Gasteiger partial charge in [0.2, 0.25) is 10.0 Å². The molecule has 118 valence electrons. The van der Waals surface area contributed by atoms with E-state index in [4.69, 9.17) is 23.2 Å². The molecule has 21 heavy (non-hydrogen) atoms. The lowest BCUT2D eigenvalue weighted by Crippen LogP contribution is -2.49. The smallest absolute Gasteiger partial charge is 0.214 e. The highest BCUT2D eigenvalue weighted by molar-refractivity contribution is 7.89. The van der Waals surface area contributed by atoms with Gasteiger partial charge in [0.1, 0.15) is 0 Å². The average Bonchev–Trinajstić information content (AvgIpc) is 2.47. The van der Waals surface area contributed by atoms with Crippen molar-refractivity contribution in [2.24, 2.45) is 5.92 Å². The van der Waals surface area contributed by atoms with Crippen LogP contribution in [-0.4, -0.2) is 50.5 Å². The van der Waals surface area contributed by atoms with Gasteiger partial charge in [-0.1, -0.05) is 24.6 Å². The number of alkyl halides is 1. The SMILES string of the molecule is CC(CCl)CS(=O)(=O)N1CCN(c2cccc(Cl)c2)CC1. The fourth-order valence-electron chi connectivity index (χ4n) is 2.41. The molecule has 0 spiro atoms. The molecule has 0 aliphatic carbocycles. The molecule has 4 nitrogen and oxygen atoms in total. The number of hydrogen-bond acceptors (Lipinski definition) is 3. The lowest BCUT2D eigenvalue weighted by Gasteiger charge is -2.35. The van der Waals surface area contributed by atoms with E-state index in [1.807, 2.05) is 31.2 Å². The molecule has 1 aliphatic rings. The Kier molecular flexibility index (Phi) is 5.77. The maximum absolute atomic E-state index is 12.3. The molecule has 1 aliphatic heterocycles. The van der Waals surface area contributed by atoms with Crippen LogP contribution in [0.4, 0.5) is 5.69 Å². The van der Waals surface area contributed by atoms with Gasteiger partial charge in [-0.3, -0.25) is 0 Å². The minimum atomic E-state index is -3.21. The van der Waals surface area contributed by atoms with Crippen molar-refractivity contribution in [3.05, 3.63) is 29.3 Å². The van der Waals surface area contributed by atoms with Crippen LogP contribution in [0.2, 0.25) is 5.02 Å². The Bertz CT molecular complexity index is 572. The van der Waals surface area contributed by atoms with E-state index < -0.39 is 10.0 Å². The Morgan fingerprint density at radius 3 is 2.48 bits per heavy atom. The fraction of sp³-hybridized carbons (Fsp3) is 0.571. The zero-order chi connectivity index (χ0) is 15.5. The third-order valence-electron chi connectivity index (χ3n) is 3.56. The van der Waals surface area contributed by atoms with Gasteiger partial charge in [-0.05, 0) is 24.1 Å². The quantitative estimate of drug-likeness (QED) is 0.766. The molecule has 0 saturated carbocycles. The minimum absolute atomic E-state index is 0.0253. The molecule has 1 aromatic carbocycles. The summed E-state index contributed by atoms with van der Waals surface area (Å²) in [6.45, 7) is 4.21. The van der Waals surface area contributed by atoms with Gasteiger partial charge in [0.15, 0.2) is 0 Å². The van der Waals surface area contributed by atoms with Crippen LogP contribution < -0.4 is 4.90 Å². The van der Waals surface area contributed by atoms with Gasteiger partial charge in [0.25, 0.3) is 0 Å². The average molecular weight is 351 g/mol. The van der Waals surface area contributed by atoms with Crippen molar-refractivity contribution in [2.75, 3.05) is 42.7 Å². The summed E-state index contributed by atoms with van der Waals surface area (Å²) in [4.78, 5) is 2.16. The Balaban J connectivity index is 1.97. The number of rotatable bonds is 5. The van der Waals surface area contributed by atoms with Crippen molar-refractivity contribution >= 4 is 38.9 Å². The first-order valence-corrected chi connectivity index (χ1v) is 9.49. The Hall–Kier alpha value is -0.490. The van der Waals surface area contributed by atoms with Crippen LogP contribution in [0.3, 0.4) is 0 Å². The number of hydrogen-bond donors (Lipinski definition) is 0. The summed E-state index contributed by atoms with van der Waals surface area (Å²) in [6.07, 6.45) is 0. The zero-order valence-corrected chi connectivity index (χ0v) is 14.3. The number of benzene rings is 1. The van der Waals surface area contributed by atoms with E-state index in [9.17, 15) is 8.42 Å². The summed E-state index contributed by atoms with van der Waals surface area (Å²) in [5, 5.41) is 0.693. The van der Waals surface area contributed by atoms with Crippen LogP contribution >= 0.6 is 23.2 Å². The number of piperazine rings is 1. The van der Waals surface area contributed by atoms with Crippen LogP contribution in [0, 0.1) is 5.92 Å². The van der Waals surface area contributed by atoms with Crippen molar-refractivity contribution in [1.82, 2.24) is 4.31 Å². The van der Waals surface area contributed by atoms with Gasteiger partial charge >= 0.3 is 0 Å². The monoisotopic (exact) mass is 350 g/mol. The van der Waals surface area contributed by atoms with E-state index >= 15 is 0 Å². The highest BCUT2D eigenvalue weighted by Gasteiger charge is 2.28. The molecule has 0 bridgehead atoms. The lowest BCUT2D eigenvalue weighted by molar-refractivity contribution is 0.382. The fourth-order valence-corrected chi connectivity index (χ4v) is 4.60. The van der Waals surface area contributed by atoms with Gasteiger partial charge in [-0.15, -0.1) is 11.6 Å². The van der Waals surface area contributed by atoms with E-state index in [0.29, 0.717) is 37.1 Å². The van der Waals surface area contributed by atoms with Gasteiger partial charge in [0.05, 0.1) is 5.75 Å². The van der Waals surface area contributed by atoms with Crippen molar-refractivity contribution < 1.29 is 8.42 Å². The second-order valence-corrected chi connectivity index (χ2v) is 8.16. The molecule has 0 radical (unpaired) electrons. The van der Waals surface area contributed by atoms with Crippen molar-refractivity contribution in [3.63, 3.8) is 0 Å². The molecule has 0 amide bonds. The lowest BCUT2D eigenvalue weighted by atomic mass is 10.2. The van der Waals surface area contributed by atoms with Crippen LogP contribution in [-0.2, 0) is 10.0 Å². The molecule has 1 aromatic rings. The minimum Gasteiger partial charge on any atom is -0.369 e. The van der Waals surface area contributed by atoms with E-state index in [-0.39, 0.29) is 11.7 Å². The van der Waals surface area contributed by atoms with E-state index in [0.717, 1.165) is 5.69 Å². The summed E-state index contributed by atoms with van der Waals surface area (Å²) >= 11 is 11.7. The Morgan fingerprint density at radius 2 is 1.90 bits per heavy atom. The van der Waals surface area contributed by atoms with E-state index in [1.54, 1.807) is 4.31 Å². The first-order valence-electron chi connectivity index (χ1n) is 6.96. The molecule has 1 atom stereocenters. The molecule has 2 rings (SSSR count). The summed E-state index contributed by atoms with van der Waals surface area (Å²) in [5.74, 6) is 0.456. The first-order chi connectivity index (χ1) is 9.92. The largest absolute Gasteiger partial charge is 0.369 e. The third kappa shape index (κ3) is 4.49. The van der Waals surface area contributed by atoms with Crippen molar-refractivity contribution in [2.45, 2.75) is 6.92 Å². The van der Waals surface area contributed by atoms with Gasteiger partial charge in [-0.2, -0.15) is 4.31 Å². The Morgan fingerprint density at radius 1 is 1.24 bits per heavy atom. The topological polar surface area (TPSA) is 40.6 Å². The summed E-state index contributed by atoms with van der Waals surface area (Å²) in [7, 11) is -3.21. The maximum Gasteiger partial charge on any atom is 0.214 e. The molecule has 1 fully saturated rings.